The van der Waals surface area contributed by atoms with Gasteiger partial charge in [-0.15, -0.1) is 10.2 Å². The molecule has 0 bridgehead atoms. The van der Waals surface area contributed by atoms with Crippen molar-refractivity contribution in [2.45, 2.75) is 18.9 Å². The summed E-state index contributed by atoms with van der Waals surface area (Å²) in [4.78, 5) is 11.3. The summed E-state index contributed by atoms with van der Waals surface area (Å²) in [6.07, 6.45) is 2.09. The molecule has 1 saturated carbocycles. The smallest absolute Gasteiger partial charge is 0.275 e. The molecule has 0 atom stereocenters. The van der Waals surface area contributed by atoms with Gasteiger partial charge in [0.2, 0.25) is 0 Å². The fraction of sp³-hybridized carbons (Fsp3) is 0.500. The molecule has 1 amide bonds. The quantitative estimate of drug-likeness (QED) is 0.541. The molecule has 2 rings (SSSR count). The average molecular weight is 167 g/mol. The minimum Gasteiger partial charge on any atom is -0.380 e. The summed E-state index contributed by atoms with van der Waals surface area (Å²) in [7, 11) is 0. The van der Waals surface area contributed by atoms with E-state index in [-0.39, 0.29) is 17.4 Å². The summed E-state index contributed by atoms with van der Waals surface area (Å²) in [5, 5.41) is 12.2. The Hall–Kier alpha value is -1.59. The molecule has 1 aromatic heterocycles. The molecule has 0 spiro atoms. The number of rotatable bonds is 2. The van der Waals surface area contributed by atoms with Gasteiger partial charge in [-0.2, -0.15) is 5.21 Å². The Labute approximate surface area is 68.5 Å². The zero-order chi connectivity index (χ0) is 8.55. The number of carbonyl (C=O) groups excluding carboxylic acids is 1. The lowest BCUT2D eigenvalue weighted by Crippen LogP contribution is -2.26. The summed E-state index contributed by atoms with van der Waals surface area (Å²) in [6.45, 7) is 0. The van der Waals surface area contributed by atoms with E-state index in [4.69, 9.17) is 5.73 Å². The maximum absolute atomic E-state index is 11.3. The van der Waals surface area contributed by atoms with Crippen LogP contribution in [0.3, 0.4) is 0 Å². The number of hydrogen-bond donors (Lipinski definition) is 3. The van der Waals surface area contributed by atoms with E-state index >= 15 is 0 Å². The lowest BCUT2D eigenvalue weighted by Gasteiger charge is -1.98. The third-order valence-corrected chi connectivity index (χ3v) is 1.70. The monoisotopic (exact) mass is 167 g/mol. The Kier molecular flexibility index (Phi) is 1.46. The van der Waals surface area contributed by atoms with Gasteiger partial charge in [0.1, 0.15) is 0 Å². The van der Waals surface area contributed by atoms with Gasteiger partial charge in [-0.05, 0) is 12.8 Å². The van der Waals surface area contributed by atoms with E-state index in [0.29, 0.717) is 6.04 Å². The van der Waals surface area contributed by atoms with Gasteiger partial charge >= 0.3 is 0 Å². The van der Waals surface area contributed by atoms with Crippen LogP contribution in [0.15, 0.2) is 0 Å². The number of anilines is 1. The number of hydrogen-bond acceptors (Lipinski definition) is 4. The average Bonchev–Trinajstić information content (AvgIpc) is 2.72. The molecule has 0 radical (unpaired) electrons. The molecule has 1 heterocycles. The van der Waals surface area contributed by atoms with Crippen LogP contribution in [0.1, 0.15) is 23.3 Å². The van der Waals surface area contributed by atoms with Crippen molar-refractivity contribution in [1.29, 1.82) is 0 Å². The first-order valence-electron chi connectivity index (χ1n) is 3.74. The second kappa shape index (κ2) is 2.47. The van der Waals surface area contributed by atoms with E-state index in [1.165, 1.54) is 0 Å². The Bertz CT molecular complexity index is 303. The van der Waals surface area contributed by atoms with Gasteiger partial charge in [-0.3, -0.25) is 4.79 Å². The van der Waals surface area contributed by atoms with Crippen LogP contribution in [0.4, 0.5) is 5.82 Å². The highest BCUT2D eigenvalue weighted by atomic mass is 16.2. The maximum Gasteiger partial charge on any atom is 0.275 e. The van der Waals surface area contributed by atoms with Gasteiger partial charge in [0.15, 0.2) is 11.5 Å². The Morgan fingerprint density at radius 3 is 2.83 bits per heavy atom. The standard InChI is InChI=1S/C6H9N5O/c7-5-4(9-11-10-5)6(12)8-3-1-2-3/h3H,1-2H2,(H,8,12)(H3,7,9,10,11). The van der Waals surface area contributed by atoms with Gasteiger partial charge in [0, 0.05) is 6.04 Å². The molecule has 0 unspecified atom stereocenters. The fourth-order valence-electron chi connectivity index (χ4n) is 0.888. The predicted octanol–water partition coefficient (Wildman–Crippen LogP) is -0.721. The number of nitrogen functional groups attached to an aromatic ring is 1. The molecule has 0 saturated heterocycles. The minimum absolute atomic E-state index is 0.146. The summed E-state index contributed by atoms with van der Waals surface area (Å²) in [5.41, 5.74) is 5.55. The number of amides is 1. The third kappa shape index (κ3) is 1.23. The molecule has 1 aliphatic rings. The van der Waals surface area contributed by atoms with Crippen molar-refractivity contribution in [3.63, 3.8) is 0 Å². The van der Waals surface area contributed by atoms with E-state index in [0.717, 1.165) is 12.8 Å². The number of nitrogens with zero attached hydrogens (tertiary/aromatic N) is 2. The van der Waals surface area contributed by atoms with Gasteiger partial charge in [0.25, 0.3) is 5.91 Å². The van der Waals surface area contributed by atoms with Crippen molar-refractivity contribution in [2.75, 3.05) is 5.73 Å². The number of nitrogens with one attached hydrogen (secondary N) is 2. The minimum atomic E-state index is -0.247. The summed E-state index contributed by atoms with van der Waals surface area (Å²) in [6, 6.07) is 0.314. The first-order valence-corrected chi connectivity index (χ1v) is 3.74. The van der Waals surface area contributed by atoms with E-state index < -0.39 is 0 Å². The summed E-state index contributed by atoms with van der Waals surface area (Å²) in [5.74, 6) is -0.100. The fourth-order valence-corrected chi connectivity index (χ4v) is 0.888. The number of carbonyl (C=O) groups is 1. The van der Waals surface area contributed by atoms with Crippen LogP contribution in [0, 0.1) is 0 Å². The van der Waals surface area contributed by atoms with E-state index in [1.807, 2.05) is 0 Å². The highest BCUT2D eigenvalue weighted by Gasteiger charge is 2.25. The van der Waals surface area contributed by atoms with Crippen molar-refractivity contribution < 1.29 is 4.79 Å². The van der Waals surface area contributed by atoms with Gasteiger partial charge in [0.05, 0.1) is 0 Å². The molecular formula is C6H9N5O. The van der Waals surface area contributed by atoms with E-state index in [2.05, 4.69) is 20.7 Å². The SMILES string of the molecule is Nc1n[nH]nc1C(=O)NC1CC1. The van der Waals surface area contributed by atoms with Gasteiger partial charge < -0.3 is 11.1 Å². The third-order valence-electron chi connectivity index (χ3n) is 1.70. The molecule has 1 fully saturated rings. The predicted molar refractivity (Wildman–Crippen MR) is 41.3 cm³/mol. The number of H-pyrrole nitrogens is 1. The van der Waals surface area contributed by atoms with E-state index in [9.17, 15) is 4.79 Å². The second-order valence-electron chi connectivity index (χ2n) is 2.81. The second-order valence-corrected chi connectivity index (χ2v) is 2.81. The topological polar surface area (TPSA) is 96.7 Å². The van der Waals surface area contributed by atoms with Crippen LogP contribution in [0.2, 0.25) is 0 Å². The normalized spacial score (nSPS) is 16.0. The largest absolute Gasteiger partial charge is 0.380 e. The lowest BCUT2D eigenvalue weighted by molar-refractivity contribution is 0.0947. The first-order chi connectivity index (χ1) is 5.77. The highest BCUT2D eigenvalue weighted by molar-refractivity contribution is 5.96. The summed E-state index contributed by atoms with van der Waals surface area (Å²) >= 11 is 0. The molecule has 1 aliphatic carbocycles. The molecule has 6 nitrogen and oxygen atoms in total. The van der Waals surface area contributed by atoms with Crippen molar-refractivity contribution >= 4 is 11.7 Å². The van der Waals surface area contributed by atoms with Crippen molar-refractivity contribution in [3.05, 3.63) is 5.69 Å². The van der Waals surface area contributed by atoms with Crippen molar-refractivity contribution in [3.8, 4) is 0 Å². The van der Waals surface area contributed by atoms with Crippen LogP contribution in [0.25, 0.3) is 0 Å². The molecule has 0 aliphatic heterocycles. The maximum atomic E-state index is 11.3. The van der Waals surface area contributed by atoms with Crippen LogP contribution in [-0.4, -0.2) is 27.4 Å². The van der Waals surface area contributed by atoms with Crippen molar-refractivity contribution in [1.82, 2.24) is 20.7 Å². The van der Waals surface area contributed by atoms with Crippen molar-refractivity contribution in [2.24, 2.45) is 0 Å². The highest BCUT2D eigenvalue weighted by Crippen LogP contribution is 2.19. The van der Waals surface area contributed by atoms with Gasteiger partial charge in [-0.1, -0.05) is 0 Å². The molecule has 1 aromatic rings. The Morgan fingerprint density at radius 1 is 1.58 bits per heavy atom. The zero-order valence-corrected chi connectivity index (χ0v) is 6.37. The molecule has 0 aromatic carbocycles. The summed E-state index contributed by atoms with van der Waals surface area (Å²) < 4.78 is 0. The van der Waals surface area contributed by atoms with Crippen LogP contribution in [0.5, 0.6) is 0 Å². The zero-order valence-electron chi connectivity index (χ0n) is 6.37. The molecule has 12 heavy (non-hydrogen) atoms. The number of aromatic amines is 1. The Morgan fingerprint density at radius 2 is 2.33 bits per heavy atom. The Balaban J connectivity index is 2.07. The first kappa shape index (κ1) is 7.08. The van der Waals surface area contributed by atoms with Gasteiger partial charge in [-0.25, -0.2) is 0 Å². The van der Waals surface area contributed by atoms with Crippen LogP contribution >= 0.6 is 0 Å². The van der Waals surface area contributed by atoms with Crippen LogP contribution in [-0.2, 0) is 0 Å². The molecule has 4 N–H and O–H groups in total. The molecule has 64 valence electrons. The number of nitrogens with two attached hydrogens (primary N) is 1. The molecule has 6 heteroatoms. The van der Waals surface area contributed by atoms with Crippen LogP contribution < -0.4 is 11.1 Å². The molecular weight excluding hydrogens is 158 g/mol. The lowest BCUT2D eigenvalue weighted by atomic mass is 10.4. The number of aromatic nitrogens is 3. The van der Waals surface area contributed by atoms with E-state index in [1.54, 1.807) is 0 Å².